The van der Waals surface area contributed by atoms with Gasteiger partial charge in [0.25, 0.3) is 0 Å². The Morgan fingerprint density at radius 1 is 1.36 bits per heavy atom. The Bertz CT molecular complexity index is 845. The van der Waals surface area contributed by atoms with Crippen LogP contribution in [0.5, 0.6) is 0 Å². The van der Waals surface area contributed by atoms with Gasteiger partial charge in [-0.2, -0.15) is 4.98 Å². The molecule has 3 rings (SSSR count). The summed E-state index contributed by atoms with van der Waals surface area (Å²) in [7, 11) is -3.59. The van der Waals surface area contributed by atoms with E-state index in [0.29, 0.717) is 23.1 Å². The monoisotopic (exact) mass is 364 g/mol. The number of nitrogens with two attached hydrogens (primary N) is 1. The van der Waals surface area contributed by atoms with E-state index in [1.807, 2.05) is 4.90 Å². The van der Waals surface area contributed by atoms with Crippen LogP contribution in [0.15, 0.2) is 30.6 Å². The lowest BCUT2D eigenvalue weighted by Gasteiger charge is -2.22. The second kappa shape index (κ2) is 7.30. The molecule has 0 bridgehead atoms. The Balaban J connectivity index is 1.77. The number of benzene rings is 1. The fourth-order valence-corrected chi connectivity index (χ4v) is 3.52. The molecule has 1 aliphatic heterocycles. The van der Waals surface area contributed by atoms with Crippen LogP contribution in [0, 0.1) is 0 Å². The summed E-state index contributed by atoms with van der Waals surface area (Å²) in [6.07, 6.45) is 3.29. The van der Waals surface area contributed by atoms with Crippen LogP contribution in [0.2, 0.25) is 0 Å². The topological polar surface area (TPSA) is 134 Å². The molecule has 10 heteroatoms. The molecule has 1 aromatic carbocycles. The fraction of sp³-hybridized carbons (Fsp3) is 0.400. The van der Waals surface area contributed by atoms with Gasteiger partial charge in [0.2, 0.25) is 21.9 Å². The summed E-state index contributed by atoms with van der Waals surface area (Å²) < 4.78 is 22.4. The first-order valence-corrected chi connectivity index (χ1v) is 9.59. The molecule has 2 aromatic rings. The van der Waals surface area contributed by atoms with E-state index in [4.69, 9.17) is 5.14 Å². The maximum Gasteiger partial charge on any atom is 0.231 e. The summed E-state index contributed by atoms with van der Waals surface area (Å²) >= 11 is 0. The number of aliphatic hydroxyl groups excluding tert-OH is 1. The van der Waals surface area contributed by atoms with Crippen molar-refractivity contribution in [1.82, 2.24) is 15.0 Å². The quantitative estimate of drug-likeness (QED) is 0.669. The average Bonchev–Trinajstić information content (AvgIpc) is 3.02. The van der Waals surface area contributed by atoms with Gasteiger partial charge in [-0.3, -0.25) is 0 Å². The van der Waals surface area contributed by atoms with Crippen molar-refractivity contribution >= 4 is 27.6 Å². The van der Waals surface area contributed by atoms with Gasteiger partial charge in [0.15, 0.2) is 0 Å². The molecule has 2 heterocycles. The van der Waals surface area contributed by atoms with Gasteiger partial charge >= 0.3 is 0 Å². The van der Waals surface area contributed by atoms with E-state index < -0.39 is 10.0 Å². The third kappa shape index (κ3) is 4.62. The van der Waals surface area contributed by atoms with E-state index in [9.17, 15) is 13.5 Å². The van der Waals surface area contributed by atoms with Crippen molar-refractivity contribution in [1.29, 1.82) is 0 Å². The molecule has 0 amide bonds. The molecule has 1 fully saturated rings. The molecule has 1 unspecified atom stereocenters. The first-order chi connectivity index (χ1) is 11.9. The van der Waals surface area contributed by atoms with Crippen molar-refractivity contribution < 1.29 is 13.5 Å². The molecule has 1 atom stereocenters. The van der Waals surface area contributed by atoms with Gasteiger partial charge in [0.1, 0.15) is 6.33 Å². The largest absolute Gasteiger partial charge is 0.394 e. The zero-order chi connectivity index (χ0) is 17.9. The number of sulfonamides is 1. The summed E-state index contributed by atoms with van der Waals surface area (Å²) in [4.78, 5) is 14.6. The molecule has 25 heavy (non-hydrogen) atoms. The van der Waals surface area contributed by atoms with E-state index in [-0.39, 0.29) is 18.4 Å². The van der Waals surface area contributed by atoms with Crippen molar-refractivity contribution in [3.63, 3.8) is 0 Å². The highest BCUT2D eigenvalue weighted by Gasteiger charge is 2.26. The van der Waals surface area contributed by atoms with Crippen molar-refractivity contribution in [2.45, 2.75) is 24.6 Å². The summed E-state index contributed by atoms with van der Waals surface area (Å²) in [5.41, 5.74) is 1.22. The Labute approximate surface area is 146 Å². The van der Waals surface area contributed by atoms with Gasteiger partial charge in [-0.25, -0.2) is 23.5 Å². The first-order valence-electron chi connectivity index (χ1n) is 7.87. The van der Waals surface area contributed by atoms with Crippen LogP contribution < -0.4 is 15.4 Å². The van der Waals surface area contributed by atoms with E-state index in [2.05, 4.69) is 20.3 Å². The smallest absolute Gasteiger partial charge is 0.231 e. The minimum atomic E-state index is -3.59. The third-order valence-electron chi connectivity index (χ3n) is 3.95. The normalized spacial score (nSPS) is 17.7. The lowest BCUT2D eigenvalue weighted by molar-refractivity contribution is 0.265. The second-order valence-electron chi connectivity index (χ2n) is 5.91. The predicted octanol–water partition coefficient (Wildman–Crippen LogP) is 0.365. The number of rotatable bonds is 6. The summed E-state index contributed by atoms with van der Waals surface area (Å²) in [5, 5.41) is 17.6. The Hall–Kier alpha value is -2.30. The summed E-state index contributed by atoms with van der Waals surface area (Å²) in [6.45, 7) is 0.850. The van der Waals surface area contributed by atoms with Crippen LogP contribution in [0.3, 0.4) is 0 Å². The minimum Gasteiger partial charge on any atom is -0.394 e. The standard InChI is InChI=1S/C15H20N6O3S/c16-25(23,24)9-11-3-1-4-12(7-11)19-14-17-10-18-15(20-14)21-6-2-5-13(21)8-22/h1,3-4,7,10,13,22H,2,5-6,8-9H2,(H2,16,23,24)(H,17,18,19,20). The van der Waals surface area contributed by atoms with Crippen LogP contribution in [-0.4, -0.2) is 47.7 Å². The highest BCUT2D eigenvalue weighted by atomic mass is 32.2. The van der Waals surface area contributed by atoms with Crippen LogP contribution in [0.1, 0.15) is 18.4 Å². The third-order valence-corrected chi connectivity index (χ3v) is 4.69. The molecule has 9 nitrogen and oxygen atoms in total. The van der Waals surface area contributed by atoms with E-state index in [1.54, 1.807) is 24.3 Å². The molecule has 0 spiro atoms. The number of nitrogens with one attached hydrogen (secondary N) is 1. The van der Waals surface area contributed by atoms with Gasteiger partial charge in [-0.15, -0.1) is 0 Å². The number of aliphatic hydroxyl groups is 1. The van der Waals surface area contributed by atoms with Crippen molar-refractivity contribution in [3.8, 4) is 0 Å². The maximum atomic E-state index is 11.2. The number of primary sulfonamides is 1. The molecule has 4 N–H and O–H groups in total. The van der Waals surface area contributed by atoms with Gasteiger partial charge < -0.3 is 15.3 Å². The van der Waals surface area contributed by atoms with Crippen molar-refractivity contribution in [3.05, 3.63) is 36.2 Å². The van der Waals surface area contributed by atoms with E-state index >= 15 is 0 Å². The molecule has 0 radical (unpaired) electrons. The zero-order valence-electron chi connectivity index (χ0n) is 13.5. The van der Waals surface area contributed by atoms with Crippen LogP contribution in [-0.2, 0) is 15.8 Å². The summed E-state index contributed by atoms with van der Waals surface area (Å²) in [5.74, 6) is 0.618. The summed E-state index contributed by atoms with van der Waals surface area (Å²) in [6, 6.07) is 6.90. The number of nitrogens with zero attached hydrogens (tertiary/aromatic N) is 4. The highest BCUT2D eigenvalue weighted by Crippen LogP contribution is 2.23. The molecule has 0 aliphatic carbocycles. The Morgan fingerprint density at radius 2 is 2.20 bits per heavy atom. The van der Waals surface area contributed by atoms with Crippen LogP contribution in [0.25, 0.3) is 0 Å². The molecule has 0 saturated carbocycles. The SMILES string of the molecule is NS(=O)(=O)Cc1cccc(Nc2ncnc(N3CCCC3CO)n2)c1. The first kappa shape index (κ1) is 17.5. The fourth-order valence-electron chi connectivity index (χ4n) is 2.88. The van der Waals surface area contributed by atoms with E-state index in [1.165, 1.54) is 6.33 Å². The zero-order valence-corrected chi connectivity index (χ0v) is 14.4. The number of aromatic nitrogens is 3. The lowest BCUT2D eigenvalue weighted by Crippen LogP contribution is -2.33. The van der Waals surface area contributed by atoms with Crippen LogP contribution in [0.4, 0.5) is 17.6 Å². The molecule has 1 aromatic heterocycles. The van der Waals surface area contributed by atoms with Gasteiger partial charge in [0.05, 0.1) is 18.4 Å². The number of hydrogen-bond acceptors (Lipinski definition) is 8. The lowest BCUT2D eigenvalue weighted by atomic mass is 10.2. The Morgan fingerprint density at radius 3 is 2.96 bits per heavy atom. The molecule has 1 saturated heterocycles. The second-order valence-corrected chi connectivity index (χ2v) is 7.53. The van der Waals surface area contributed by atoms with Crippen molar-refractivity contribution in [2.75, 3.05) is 23.4 Å². The van der Waals surface area contributed by atoms with Gasteiger partial charge in [-0.1, -0.05) is 12.1 Å². The molecular weight excluding hydrogens is 344 g/mol. The highest BCUT2D eigenvalue weighted by molar-refractivity contribution is 7.88. The number of hydrogen-bond donors (Lipinski definition) is 3. The minimum absolute atomic E-state index is 0.0216. The molecule has 1 aliphatic rings. The molecule has 134 valence electrons. The number of anilines is 3. The van der Waals surface area contributed by atoms with Gasteiger partial charge in [0, 0.05) is 12.2 Å². The Kier molecular flexibility index (Phi) is 5.11. The van der Waals surface area contributed by atoms with Crippen molar-refractivity contribution in [2.24, 2.45) is 5.14 Å². The predicted molar refractivity (Wildman–Crippen MR) is 93.8 cm³/mol. The van der Waals surface area contributed by atoms with E-state index in [0.717, 1.165) is 19.4 Å². The van der Waals surface area contributed by atoms with Gasteiger partial charge in [-0.05, 0) is 30.5 Å². The maximum absolute atomic E-state index is 11.2. The molecular formula is C15H20N6O3S. The van der Waals surface area contributed by atoms with Crippen LogP contribution >= 0.6 is 0 Å². The average molecular weight is 364 g/mol.